The first-order valence-electron chi connectivity index (χ1n) is 8.87. The van der Waals surface area contributed by atoms with Crippen LogP contribution in [0.4, 0.5) is 4.39 Å². The first-order valence-corrected chi connectivity index (χ1v) is 10.5. The number of unbranched alkanes of at least 4 members (excludes halogenated alkanes) is 2. The molecule has 2 heterocycles. The third kappa shape index (κ3) is 5.46. The molecule has 9 heteroatoms. The molecule has 2 aromatic rings. The number of furan rings is 1. The van der Waals surface area contributed by atoms with Gasteiger partial charge < -0.3 is 9.52 Å². The second kappa shape index (κ2) is 9.56. The van der Waals surface area contributed by atoms with Gasteiger partial charge in [-0.05, 0) is 43.2 Å². The van der Waals surface area contributed by atoms with Crippen molar-refractivity contribution in [3.8, 4) is 11.3 Å². The highest BCUT2D eigenvalue weighted by Crippen LogP contribution is 2.35. The number of thiocarbonyl (C=S) groups is 1. The average Bonchev–Trinajstić information content (AvgIpc) is 3.21. The molecule has 1 saturated heterocycles. The number of rotatable bonds is 8. The van der Waals surface area contributed by atoms with Gasteiger partial charge in [0.05, 0.1) is 9.93 Å². The first kappa shape index (κ1) is 21.5. The zero-order valence-corrected chi connectivity index (χ0v) is 17.6. The van der Waals surface area contributed by atoms with Crippen LogP contribution in [0.3, 0.4) is 0 Å². The van der Waals surface area contributed by atoms with Crippen LogP contribution in [0.25, 0.3) is 17.4 Å². The van der Waals surface area contributed by atoms with E-state index < -0.39 is 11.8 Å². The summed E-state index contributed by atoms with van der Waals surface area (Å²) in [7, 11) is 0. The highest BCUT2D eigenvalue weighted by Gasteiger charge is 2.31. The highest BCUT2D eigenvalue weighted by molar-refractivity contribution is 8.26. The zero-order valence-electron chi connectivity index (χ0n) is 15.2. The van der Waals surface area contributed by atoms with E-state index in [2.05, 4.69) is 0 Å². The van der Waals surface area contributed by atoms with Crippen LogP contribution in [0.1, 0.15) is 31.4 Å². The smallest absolute Gasteiger partial charge is 0.303 e. The van der Waals surface area contributed by atoms with Gasteiger partial charge >= 0.3 is 5.97 Å². The van der Waals surface area contributed by atoms with Crippen LogP contribution in [0.5, 0.6) is 0 Å². The van der Waals surface area contributed by atoms with Gasteiger partial charge in [-0.25, -0.2) is 4.39 Å². The predicted octanol–water partition coefficient (Wildman–Crippen LogP) is 5.59. The molecule has 1 N–H and O–H groups in total. The van der Waals surface area contributed by atoms with E-state index in [1.165, 1.54) is 34.9 Å². The number of carboxylic acid groups (broad SMARTS) is 1. The van der Waals surface area contributed by atoms with Crippen LogP contribution in [0, 0.1) is 5.82 Å². The van der Waals surface area contributed by atoms with Gasteiger partial charge in [-0.3, -0.25) is 14.5 Å². The molecule has 1 fully saturated rings. The summed E-state index contributed by atoms with van der Waals surface area (Å²) in [6.45, 7) is 0.455. The van der Waals surface area contributed by atoms with Gasteiger partial charge in [-0.1, -0.05) is 42.0 Å². The number of hydrogen-bond acceptors (Lipinski definition) is 5. The summed E-state index contributed by atoms with van der Waals surface area (Å²) in [5.41, 5.74) is 0.557. The number of carbonyl (C=O) groups is 2. The average molecular weight is 454 g/mol. The van der Waals surface area contributed by atoms with Crippen LogP contribution < -0.4 is 0 Å². The monoisotopic (exact) mass is 453 g/mol. The second-order valence-corrected chi connectivity index (χ2v) is 8.45. The Morgan fingerprint density at radius 1 is 1.28 bits per heavy atom. The lowest BCUT2D eigenvalue weighted by Crippen LogP contribution is -2.29. The topological polar surface area (TPSA) is 70.8 Å². The summed E-state index contributed by atoms with van der Waals surface area (Å²) in [4.78, 5) is 25.1. The Morgan fingerprint density at radius 2 is 2.07 bits per heavy atom. The summed E-state index contributed by atoms with van der Waals surface area (Å²) in [6.07, 6.45) is 3.70. The molecule has 0 radical (unpaired) electrons. The summed E-state index contributed by atoms with van der Waals surface area (Å²) >= 11 is 12.5. The van der Waals surface area contributed by atoms with E-state index in [4.69, 9.17) is 33.3 Å². The Bertz CT molecular complexity index is 989. The minimum atomic E-state index is -0.821. The lowest BCUT2D eigenvalue weighted by molar-refractivity contribution is -0.137. The van der Waals surface area contributed by atoms with E-state index in [1.807, 2.05) is 0 Å². The minimum absolute atomic E-state index is 0.122. The highest BCUT2D eigenvalue weighted by atomic mass is 35.5. The molecule has 1 aliphatic rings. The molecule has 1 aromatic carbocycles. The molecule has 0 atom stereocenters. The van der Waals surface area contributed by atoms with Crippen molar-refractivity contribution in [2.24, 2.45) is 0 Å². The van der Waals surface area contributed by atoms with Crippen LogP contribution >= 0.6 is 35.6 Å². The molecule has 152 valence electrons. The molecular formula is C20H17ClFNO4S2. The van der Waals surface area contributed by atoms with E-state index in [9.17, 15) is 14.0 Å². The van der Waals surface area contributed by atoms with Gasteiger partial charge in [0.2, 0.25) is 0 Å². The summed E-state index contributed by atoms with van der Waals surface area (Å²) in [6, 6.07) is 7.44. The molecule has 0 unspecified atom stereocenters. The van der Waals surface area contributed by atoms with Crippen LogP contribution in [0.15, 0.2) is 39.7 Å². The lowest BCUT2D eigenvalue weighted by Gasteiger charge is -2.13. The van der Waals surface area contributed by atoms with Crippen molar-refractivity contribution in [3.05, 3.63) is 51.8 Å². The first-order chi connectivity index (χ1) is 13.8. The quantitative estimate of drug-likeness (QED) is 0.319. The Hall–Kier alpha value is -2.16. The number of halogens is 2. The van der Waals surface area contributed by atoms with E-state index >= 15 is 0 Å². The lowest BCUT2D eigenvalue weighted by atomic mass is 10.2. The molecule has 1 aromatic heterocycles. The zero-order chi connectivity index (χ0) is 21.0. The van der Waals surface area contributed by atoms with E-state index in [1.54, 1.807) is 18.2 Å². The molecular weight excluding hydrogens is 437 g/mol. The maximum absolute atomic E-state index is 13.2. The SMILES string of the molecule is O=C(O)CCCCCN1C(=O)/C(=C/c2ccc(-c3ccc(F)cc3Cl)o2)SC1=S. The van der Waals surface area contributed by atoms with Crippen molar-refractivity contribution in [3.63, 3.8) is 0 Å². The van der Waals surface area contributed by atoms with Crippen molar-refractivity contribution < 1.29 is 23.5 Å². The van der Waals surface area contributed by atoms with Crippen LogP contribution in [0.2, 0.25) is 5.02 Å². The maximum atomic E-state index is 13.2. The minimum Gasteiger partial charge on any atom is -0.481 e. The normalized spacial score (nSPS) is 15.5. The fraction of sp³-hybridized carbons (Fsp3) is 0.250. The summed E-state index contributed by atoms with van der Waals surface area (Å²) < 4.78 is 19.4. The van der Waals surface area contributed by atoms with Gasteiger partial charge in [-0.15, -0.1) is 0 Å². The standard InChI is InChI=1S/C20H17ClFNO4S2/c21-15-10-12(22)5-7-14(15)16-8-6-13(27-16)11-17-19(26)23(20(28)29-17)9-3-1-2-4-18(24)25/h5-8,10-11H,1-4,9H2,(H,24,25)/b17-11-. The largest absolute Gasteiger partial charge is 0.481 e. The molecule has 0 bridgehead atoms. The van der Waals surface area contributed by atoms with Crippen molar-refractivity contribution >= 4 is 57.9 Å². The maximum Gasteiger partial charge on any atom is 0.303 e. The number of amides is 1. The molecule has 1 aliphatic heterocycles. The van der Waals surface area contributed by atoms with E-state index in [0.717, 1.165) is 0 Å². The van der Waals surface area contributed by atoms with Gasteiger partial charge in [0, 0.05) is 24.6 Å². The number of aliphatic carboxylic acids is 1. The molecule has 0 saturated carbocycles. The van der Waals surface area contributed by atoms with Gasteiger partial charge in [0.1, 0.15) is 21.7 Å². The summed E-state index contributed by atoms with van der Waals surface area (Å²) in [5.74, 6) is -0.524. The molecule has 1 amide bonds. The van der Waals surface area contributed by atoms with Gasteiger partial charge in [0.25, 0.3) is 5.91 Å². The van der Waals surface area contributed by atoms with E-state index in [0.29, 0.717) is 52.1 Å². The Balaban J connectivity index is 1.65. The van der Waals surface area contributed by atoms with Gasteiger partial charge in [0.15, 0.2) is 0 Å². The molecule has 29 heavy (non-hydrogen) atoms. The summed E-state index contributed by atoms with van der Waals surface area (Å²) in [5, 5.41) is 8.89. The number of carbonyl (C=O) groups excluding carboxylic acids is 1. The van der Waals surface area contributed by atoms with E-state index in [-0.39, 0.29) is 17.4 Å². The fourth-order valence-electron chi connectivity index (χ4n) is 2.81. The third-order valence-corrected chi connectivity index (χ3v) is 5.93. The molecule has 0 aliphatic carbocycles. The van der Waals surface area contributed by atoms with Crippen LogP contribution in [-0.2, 0) is 9.59 Å². The third-order valence-electron chi connectivity index (χ3n) is 4.24. The Kier molecular flexibility index (Phi) is 7.10. The Labute approximate surface area is 181 Å². The van der Waals surface area contributed by atoms with Crippen molar-refractivity contribution in [1.29, 1.82) is 0 Å². The number of hydrogen-bond donors (Lipinski definition) is 1. The number of benzene rings is 1. The van der Waals surface area contributed by atoms with Gasteiger partial charge in [-0.2, -0.15) is 0 Å². The second-order valence-electron chi connectivity index (χ2n) is 6.36. The Morgan fingerprint density at radius 3 is 2.79 bits per heavy atom. The molecule has 3 rings (SSSR count). The van der Waals surface area contributed by atoms with Crippen molar-refractivity contribution in [2.75, 3.05) is 6.54 Å². The number of thioether (sulfide) groups is 1. The van der Waals surface area contributed by atoms with Crippen molar-refractivity contribution in [1.82, 2.24) is 4.90 Å². The molecule has 0 spiro atoms. The fourth-order valence-corrected chi connectivity index (χ4v) is 4.36. The van der Waals surface area contributed by atoms with Crippen molar-refractivity contribution in [2.45, 2.75) is 25.7 Å². The molecule has 5 nitrogen and oxygen atoms in total. The number of nitrogens with zero attached hydrogens (tertiary/aromatic N) is 1. The number of carboxylic acids is 1. The van der Waals surface area contributed by atoms with Crippen LogP contribution in [-0.4, -0.2) is 32.7 Å². The predicted molar refractivity (Wildman–Crippen MR) is 115 cm³/mol.